The van der Waals surface area contributed by atoms with Gasteiger partial charge < -0.3 is 9.64 Å². The van der Waals surface area contributed by atoms with Gasteiger partial charge in [0.2, 0.25) is 5.91 Å². The summed E-state index contributed by atoms with van der Waals surface area (Å²) in [6, 6.07) is 6.34. The first-order valence-electron chi connectivity index (χ1n) is 9.12. The average molecular weight is 349 g/mol. The van der Waals surface area contributed by atoms with E-state index in [0.29, 0.717) is 19.5 Å². The zero-order valence-electron chi connectivity index (χ0n) is 15.2. The van der Waals surface area contributed by atoms with Gasteiger partial charge in [0.15, 0.2) is 0 Å². The van der Waals surface area contributed by atoms with Crippen LogP contribution in [0.2, 0.25) is 0 Å². The third-order valence-electron chi connectivity index (χ3n) is 4.95. The van der Waals surface area contributed by atoms with Crippen LogP contribution in [0.15, 0.2) is 24.3 Å². The zero-order chi connectivity index (χ0) is 18.2. The van der Waals surface area contributed by atoms with Gasteiger partial charge >= 0.3 is 5.97 Å². The summed E-state index contributed by atoms with van der Waals surface area (Å²) < 4.78 is 17.8. The van der Waals surface area contributed by atoms with E-state index in [1.807, 2.05) is 0 Å². The fourth-order valence-corrected chi connectivity index (χ4v) is 3.42. The van der Waals surface area contributed by atoms with E-state index in [1.54, 1.807) is 24.0 Å². The second-order valence-electron chi connectivity index (χ2n) is 6.92. The molecule has 4 nitrogen and oxygen atoms in total. The number of ether oxygens (including phenoxy) is 1. The fraction of sp³-hybridized carbons (Fsp3) is 0.600. The van der Waals surface area contributed by atoms with Crippen molar-refractivity contribution in [1.29, 1.82) is 0 Å². The Morgan fingerprint density at radius 2 is 1.84 bits per heavy atom. The molecule has 25 heavy (non-hydrogen) atoms. The number of methoxy groups -OCH3 is 1. The lowest BCUT2D eigenvalue weighted by Gasteiger charge is -2.30. The molecule has 1 saturated carbocycles. The minimum absolute atomic E-state index is 0.0619. The maximum Gasteiger partial charge on any atom is 0.310 e. The van der Waals surface area contributed by atoms with E-state index in [0.717, 1.165) is 31.2 Å². The molecule has 0 heterocycles. The second kappa shape index (κ2) is 9.54. The Balaban J connectivity index is 2.03. The van der Waals surface area contributed by atoms with Crippen molar-refractivity contribution in [3.63, 3.8) is 0 Å². The largest absolute Gasteiger partial charge is 0.469 e. The Morgan fingerprint density at radius 1 is 1.20 bits per heavy atom. The number of halogens is 1. The Labute approximate surface area is 149 Å². The summed E-state index contributed by atoms with van der Waals surface area (Å²) in [7, 11) is 1.37. The van der Waals surface area contributed by atoms with Crippen molar-refractivity contribution in [2.24, 2.45) is 11.8 Å². The monoisotopic (exact) mass is 349 g/mol. The summed E-state index contributed by atoms with van der Waals surface area (Å²) >= 11 is 0. The SMILES string of the molecule is COC(=O)C(C)CN(CCc1ccc(F)cc1)C(=O)C1CCCCC1. The molecule has 2 rings (SSSR count). The number of carbonyl (C=O) groups is 2. The molecular weight excluding hydrogens is 321 g/mol. The van der Waals surface area contributed by atoms with Crippen molar-refractivity contribution in [3.05, 3.63) is 35.6 Å². The molecule has 5 heteroatoms. The molecule has 1 amide bonds. The number of rotatable bonds is 7. The topological polar surface area (TPSA) is 46.6 Å². The molecule has 0 radical (unpaired) electrons. The smallest absolute Gasteiger partial charge is 0.310 e. The first kappa shape index (κ1) is 19.4. The van der Waals surface area contributed by atoms with Gasteiger partial charge in [-0.1, -0.05) is 38.3 Å². The molecule has 138 valence electrons. The van der Waals surface area contributed by atoms with Gasteiger partial charge in [-0.15, -0.1) is 0 Å². The van der Waals surface area contributed by atoms with Crippen LogP contribution in [-0.4, -0.2) is 37.0 Å². The lowest BCUT2D eigenvalue weighted by atomic mass is 9.88. The van der Waals surface area contributed by atoms with Crippen molar-refractivity contribution in [2.75, 3.05) is 20.2 Å². The summed E-state index contributed by atoms with van der Waals surface area (Å²) in [6.07, 6.45) is 5.88. The number of benzene rings is 1. The van der Waals surface area contributed by atoms with Crippen LogP contribution in [-0.2, 0) is 20.7 Å². The van der Waals surface area contributed by atoms with Gasteiger partial charge in [-0.05, 0) is 37.0 Å². The minimum Gasteiger partial charge on any atom is -0.469 e. The van der Waals surface area contributed by atoms with E-state index in [2.05, 4.69) is 0 Å². The summed E-state index contributed by atoms with van der Waals surface area (Å²) in [5.41, 5.74) is 0.980. The molecule has 1 atom stereocenters. The number of hydrogen-bond acceptors (Lipinski definition) is 3. The standard InChI is InChI=1S/C20H28FNO3/c1-15(20(24)25-2)14-22(19(23)17-6-4-3-5-7-17)13-12-16-8-10-18(21)11-9-16/h8-11,15,17H,3-7,12-14H2,1-2H3. The highest BCUT2D eigenvalue weighted by atomic mass is 19.1. The molecule has 1 fully saturated rings. The van der Waals surface area contributed by atoms with Crippen molar-refractivity contribution in [1.82, 2.24) is 4.90 Å². The van der Waals surface area contributed by atoms with Crippen LogP contribution < -0.4 is 0 Å². The third kappa shape index (κ3) is 5.83. The third-order valence-corrected chi connectivity index (χ3v) is 4.95. The Hall–Kier alpha value is -1.91. The van der Waals surface area contributed by atoms with Crippen molar-refractivity contribution in [3.8, 4) is 0 Å². The zero-order valence-corrected chi connectivity index (χ0v) is 15.2. The number of nitrogens with zero attached hydrogens (tertiary/aromatic N) is 1. The highest BCUT2D eigenvalue weighted by molar-refractivity contribution is 5.80. The quantitative estimate of drug-likeness (QED) is 0.707. The number of amides is 1. The maximum absolute atomic E-state index is 13.0. The van der Waals surface area contributed by atoms with Crippen LogP contribution >= 0.6 is 0 Å². The highest BCUT2D eigenvalue weighted by Gasteiger charge is 2.28. The lowest BCUT2D eigenvalue weighted by Crippen LogP contribution is -2.42. The van der Waals surface area contributed by atoms with E-state index in [9.17, 15) is 14.0 Å². The van der Waals surface area contributed by atoms with Crippen LogP contribution in [0.25, 0.3) is 0 Å². The first-order valence-corrected chi connectivity index (χ1v) is 9.12. The van der Waals surface area contributed by atoms with Gasteiger partial charge in [-0.2, -0.15) is 0 Å². The fourth-order valence-electron chi connectivity index (χ4n) is 3.42. The van der Waals surface area contributed by atoms with E-state index >= 15 is 0 Å². The van der Waals surface area contributed by atoms with Crippen molar-refractivity contribution < 1.29 is 18.7 Å². The Bertz CT molecular complexity index is 567. The van der Waals surface area contributed by atoms with Crippen LogP contribution in [0.4, 0.5) is 4.39 Å². The van der Waals surface area contributed by atoms with E-state index in [4.69, 9.17) is 4.74 Å². The van der Waals surface area contributed by atoms with E-state index < -0.39 is 0 Å². The van der Waals surface area contributed by atoms with Gasteiger partial charge in [0.1, 0.15) is 5.82 Å². The molecule has 0 spiro atoms. The van der Waals surface area contributed by atoms with Crippen LogP contribution in [0.1, 0.15) is 44.6 Å². The Morgan fingerprint density at radius 3 is 2.44 bits per heavy atom. The van der Waals surface area contributed by atoms with Crippen LogP contribution in [0, 0.1) is 17.7 Å². The predicted octanol–water partition coefficient (Wildman–Crippen LogP) is 3.59. The van der Waals surface area contributed by atoms with Gasteiger partial charge in [0, 0.05) is 19.0 Å². The van der Waals surface area contributed by atoms with Crippen molar-refractivity contribution in [2.45, 2.75) is 45.4 Å². The summed E-state index contributed by atoms with van der Waals surface area (Å²) in [6.45, 7) is 2.68. The van der Waals surface area contributed by atoms with Crippen LogP contribution in [0.3, 0.4) is 0 Å². The van der Waals surface area contributed by atoms with Gasteiger partial charge in [-0.25, -0.2) is 4.39 Å². The average Bonchev–Trinajstić information content (AvgIpc) is 2.65. The number of hydrogen-bond donors (Lipinski definition) is 0. The van der Waals surface area contributed by atoms with E-state index in [1.165, 1.54) is 25.7 Å². The highest BCUT2D eigenvalue weighted by Crippen LogP contribution is 2.26. The minimum atomic E-state index is -0.356. The van der Waals surface area contributed by atoms with Gasteiger partial charge in [-0.3, -0.25) is 9.59 Å². The predicted molar refractivity (Wildman–Crippen MR) is 94.4 cm³/mol. The van der Waals surface area contributed by atoms with Crippen molar-refractivity contribution >= 4 is 11.9 Å². The normalized spacial score (nSPS) is 16.3. The maximum atomic E-state index is 13.0. The molecule has 1 aliphatic rings. The molecule has 1 aromatic rings. The molecule has 0 N–H and O–H groups in total. The van der Waals surface area contributed by atoms with Gasteiger partial charge in [0.05, 0.1) is 13.0 Å². The molecule has 1 unspecified atom stereocenters. The van der Waals surface area contributed by atoms with E-state index in [-0.39, 0.29) is 29.5 Å². The van der Waals surface area contributed by atoms with Crippen LogP contribution in [0.5, 0.6) is 0 Å². The number of carbonyl (C=O) groups excluding carboxylic acids is 2. The molecule has 0 bridgehead atoms. The summed E-state index contributed by atoms with van der Waals surface area (Å²) in [5.74, 6) is -0.725. The summed E-state index contributed by atoms with van der Waals surface area (Å²) in [4.78, 5) is 26.5. The lowest BCUT2D eigenvalue weighted by molar-refractivity contribution is -0.147. The molecular formula is C20H28FNO3. The molecule has 1 aromatic carbocycles. The number of esters is 1. The molecule has 1 aliphatic carbocycles. The second-order valence-corrected chi connectivity index (χ2v) is 6.92. The molecule has 0 saturated heterocycles. The summed E-state index contributed by atoms with van der Waals surface area (Å²) in [5, 5.41) is 0. The first-order chi connectivity index (χ1) is 12.0. The van der Waals surface area contributed by atoms with Gasteiger partial charge in [0.25, 0.3) is 0 Å². The Kier molecular flexibility index (Phi) is 7.41. The molecule has 0 aromatic heterocycles. The molecule has 0 aliphatic heterocycles.